The van der Waals surface area contributed by atoms with Crippen LogP contribution in [0, 0.1) is 5.92 Å². The highest BCUT2D eigenvalue weighted by Crippen LogP contribution is 2.23. The minimum absolute atomic E-state index is 0.137. The summed E-state index contributed by atoms with van der Waals surface area (Å²) in [5.41, 5.74) is 0.859. The molecule has 1 fully saturated rings. The van der Waals surface area contributed by atoms with E-state index in [4.69, 9.17) is 21.1 Å². The molecule has 0 amide bonds. The van der Waals surface area contributed by atoms with Gasteiger partial charge in [-0.05, 0) is 44.0 Å². The molecular weight excluding hydrogens is 278 g/mol. The zero-order chi connectivity index (χ0) is 14.4. The van der Waals surface area contributed by atoms with Gasteiger partial charge in [-0.3, -0.25) is 0 Å². The van der Waals surface area contributed by atoms with E-state index in [1.54, 1.807) is 12.1 Å². The van der Waals surface area contributed by atoms with E-state index < -0.39 is 0 Å². The number of halogens is 1. The van der Waals surface area contributed by atoms with Crippen LogP contribution in [0.5, 0.6) is 0 Å². The Labute approximate surface area is 124 Å². The minimum Gasteiger partial charge on any atom is -0.464 e. The van der Waals surface area contributed by atoms with Crippen LogP contribution in [-0.2, 0) is 14.3 Å². The van der Waals surface area contributed by atoms with Gasteiger partial charge in [0.2, 0.25) is 0 Å². The average molecular weight is 298 g/mol. The van der Waals surface area contributed by atoms with Crippen molar-refractivity contribution in [1.82, 2.24) is 0 Å². The zero-order valence-corrected chi connectivity index (χ0v) is 12.4. The Hall–Kier alpha value is -1.26. The molecule has 2 rings (SSSR count). The van der Waals surface area contributed by atoms with E-state index in [2.05, 4.69) is 5.32 Å². The standard InChI is InChI=1S/C15H20ClNO3/c1-2-20-15(18)14(11-4-3-9-19-10-11)17-13-7-5-12(16)6-8-13/h5-8,11,14,17H,2-4,9-10H2,1H3. The summed E-state index contributed by atoms with van der Waals surface area (Å²) in [6.45, 7) is 3.55. The van der Waals surface area contributed by atoms with E-state index >= 15 is 0 Å². The highest BCUT2D eigenvalue weighted by Gasteiger charge is 2.31. The molecule has 110 valence electrons. The largest absolute Gasteiger partial charge is 0.464 e. The van der Waals surface area contributed by atoms with Crippen LogP contribution < -0.4 is 5.32 Å². The Morgan fingerprint density at radius 3 is 2.85 bits per heavy atom. The van der Waals surface area contributed by atoms with Gasteiger partial charge in [0.25, 0.3) is 0 Å². The lowest BCUT2D eigenvalue weighted by Gasteiger charge is -2.30. The van der Waals surface area contributed by atoms with Crippen molar-refractivity contribution in [3.63, 3.8) is 0 Å². The van der Waals surface area contributed by atoms with Gasteiger partial charge >= 0.3 is 5.97 Å². The number of carbonyl (C=O) groups excluding carboxylic acids is 1. The van der Waals surface area contributed by atoms with Gasteiger partial charge in [-0.25, -0.2) is 4.79 Å². The van der Waals surface area contributed by atoms with E-state index in [-0.39, 0.29) is 17.9 Å². The molecular formula is C15H20ClNO3. The molecule has 1 aromatic carbocycles. The molecule has 0 bridgehead atoms. The summed E-state index contributed by atoms with van der Waals surface area (Å²) in [6.07, 6.45) is 1.94. The first-order chi connectivity index (χ1) is 9.70. The number of esters is 1. The van der Waals surface area contributed by atoms with Crippen molar-refractivity contribution < 1.29 is 14.3 Å². The van der Waals surface area contributed by atoms with Crippen molar-refractivity contribution in [2.75, 3.05) is 25.1 Å². The molecule has 1 N–H and O–H groups in total. The molecule has 1 heterocycles. The number of nitrogens with one attached hydrogen (secondary N) is 1. The summed E-state index contributed by atoms with van der Waals surface area (Å²) < 4.78 is 10.6. The molecule has 1 aliphatic rings. The number of ether oxygens (including phenoxy) is 2. The first-order valence-electron chi connectivity index (χ1n) is 6.97. The Morgan fingerprint density at radius 2 is 2.25 bits per heavy atom. The predicted octanol–water partition coefficient (Wildman–Crippen LogP) is 3.11. The molecule has 0 radical (unpaired) electrons. The summed E-state index contributed by atoms with van der Waals surface area (Å²) in [7, 11) is 0. The van der Waals surface area contributed by atoms with E-state index in [9.17, 15) is 4.79 Å². The van der Waals surface area contributed by atoms with Crippen molar-refractivity contribution >= 4 is 23.3 Å². The summed E-state index contributed by atoms with van der Waals surface area (Å²) in [5.74, 6) is -0.0866. The monoisotopic (exact) mass is 297 g/mol. The fraction of sp³-hybridized carbons (Fsp3) is 0.533. The smallest absolute Gasteiger partial charge is 0.328 e. The molecule has 2 unspecified atom stereocenters. The summed E-state index contributed by atoms with van der Waals surface area (Å²) >= 11 is 5.87. The molecule has 0 aliphatic carbocycles. The van der Waals surface area contributed by atoms with Gasteiger partial charge < -0.3 is 14.8 Å². The molecule has 2 atom stereocenters. The molecule has 20 heavy (non-hydrogen) atoms. The van der Waals surface area contributed by atoms with Crippen molar-refractivity contribution in [3.05, 3.63) is 29.3 Å². The number of benzene rings is 1. The lowest BCUT2D eigenvalue weighted by atomic mass is 9.93. The molecule has 1 aromatic rings. The van der Waals surface area contributed by atoms with Gasteiger partial charge in [-0.2, -0.15) is 0 Å². The molecule has 0 spiro atoms. The number of hydrogen-bond acceptors (Lipinski definition) is 4. The Kier molecular flexibility index (Phi) is 5.68. The van der Waals surface area contributed by atoms with E-state index in [0.29, 0.717) is 18.2 Å². The van der Waals surface area contributed by atoms with Crippen LogP contribution in [0.1, 0.15) is 19.8 Å². The molecule has 1 aliphatic heterocycles. The maximum Gasteiger partial charge on any atom is 0.328 e. The van der Waals surface area contributed by atoms with Crippen LogP contribution in [0.25, 0.3) is 0 Å². The SMILES string of the molecule is CCOC(=O)C(Nc1ccc(Cl)cc1)C1CCCOC1. The third kappa shape index (κ3) is 4.12. The highest BCUT2D eigenvalue weighted by molar-refractivity contribution is 6.30. The third-order valence-electron chi connectivity index (χ3n) is 3.37. The normalized spacial score (nSPS) is 20.2. The van der Waals surface area contributed by atoms with Crippen molar-refractivity contribution in [2.24, 2.45) is 5.92 Å². The van der Waals surface area contributed by atoms with Gasteiger partial charge in [0.05, 0.1) is 13.2 Å². The molecule has 0 aromatic heterocycles. The summed E-state index contributed by atoms with van der Waals surface area (Å²) in [4.78, 5) is 12.1. The van der Waals surface area contributed by atoms with Crippen molar-refractivity contribution in [2.45, 2.75) is 25.8 Å². The molecule has 5 heteroatoms. The van der Waals surface area contributed by atoms with Gasteiger partial charge in [0, 0.05) is 23.2 Å². The lowest BCUT2D eigenvalue weighted by molar-refractivity contribution is -0.146. The van der Waals surface area contributed by atoms with Crippen molar-refractivity contribution in [3.8, 4) is 0 Å². The highest BCUT2D eigenvalue weighted by atomic mass is 35.5. The second kappa shape index (κ2) is 7.50. The third-order valence-corrected chi connectivity index (χ3v) is 3.63. The summed E-state index contributed by atoms with van der Waals surface area (Å²) in [5, 5.41) is 3.92. The Bertz CT molecular complexity index is 429. The van der Waals surface area contributed by atoms with E-state index in [1.807, 2.05) is 19.1 Å². The van der Waals surface area contributed by atoms with E-state index in [0.717, 1.165) is 25.1 Å². The Balaban J connectivity index is 2.08. The predicted molar refractivity (Wildman–Crippen MR) is 79.0 cm³/mol. The lowest BCUT2D eigenvalue weighted by Crippen LogP contribution is -2.42. The van der Waals surface area contributed by atoms with Crippen molar-refractivity contribution in [1.29, 1.82) is 0 Å². The number of rotatable bonds is 5. The van der Waals surface area contributed by atoms with Crippen LogP contribution in [0.15, 0.2) is 24.3 Å². The van der Waals surface area contributed by atoms with Gasteiger partial charge in [0.15, 0.2) is 0 Å². The Morgan fingerprint density at radius 1 is 1.50 bits per heavy atom. The van der Waals surface area contributed by atoms with Gasteiger partial charge in [0.1, 0.15) is 6.04 Å². The number of hydrogen-bond donors (Lipinski definition) is 1. The minimum atomic E-state index is -0.378. The van der Waals surface area contributed by atoms with Crippen LogP contribution >= 0.6 is 11.6 Å². The van der Waals surface area contributed by atoms with E-state index in [1.165, 1.54) is 0 Å². The fourth-order valence-electron chi connectivity index (χ4n) is 2.36. The molecule has 0 saturated carbocycles. The second-order valence-corrected chi connectivity index (χ2v) is 5.29. The number of carbonyl (C=O) groups is 1. The maximum atomic E-state index is 12.1. The van der Waals surface area contributed by atoms with Crippen LogP contribution in [0.2, 0.25) is 5.02 Å². The quantitative estimate of drug-likeness (QED) is 0.848. The van der Waals surface area contributed by atoms with Gasteiger partial charge in [-0.1, -0.05) is 11.6 Å². The first-order valence-corrected chi connectivity index (χ1v) is 7.35. The topological polar surface area (TPSA) is 47.6 Å². The van der Waals surface area contributed by atoms with Crippen LogP contribution in [0.4, 0.5) is 5.69 Å². The first kappa shape index (κ1) is 15.1. The molecule has 1 saturated heterocycles. The zero-order valence-electron chi connectivity index (χ0n) is 11.6. The second-order valence-electron chi connectivity index (χ2n) is 4.86. The number of anilines is 1. The fourth-order valence-corrected chi connectivity index (χ4v) is 2.48. The van der Waals surface area contributed by atoms with Crippen LogP contribution in [0.3, 0.4) is 0 Å². The van der Waals surface area contributed by atoms with Crippen LogP contribution in [-0.4, -0.2) is 31.8 Å². The average Bonchev–Trinajstić information content (AvgIpc) is 2.48. The van der Waals surface area contributed by atoms with Gasteiger partial charge in [-0.15, -0.1) is 0 Å². The molecule has 4 nitrogen and oxygen atoms in total. The summed E-state index contributed by atoms with van der Waals surface area (Å²) in [6, 6.07) is 6.93. The maximum absolute atomic E-state index is 12.1.